The van der Waals surface area contributed by atoms with E-state index in [1.807, 2.05) is 24.3 Å². The van der Waals surface area contributed by atoms with Crippen molar-refractivity contribution in [3.05, 3.63) is 36.0 Å². The highest BCUT2D eigenvalue weighted by molar-refractivity contribution is 5.82. The minimum absolute atomic E-state index is 0.0931. The van der Waals surface area contributed by atoms with Crippen molar-refractivity contribution >= 4 is 16.9 Å². The number of esters is 1. The van der Waals surface area contributed by atoms with E-state index < -0.39 is 43.3 Å². The van der Waals surface area contributed by atoms with Gasteiger partial charge in [-0.1, -0.05) is 18.2 Å². The third-order valence-electron chi connectivity index (χ3n) is 4.03. The molecule has 130 valence electrons. The van der Waals surface area contributed by atoms with Crippen LogP contribution in [0.15, 0.2) is 30.3 Å². The number of hydrogen-bond donors (Lipinski definition) is 5. The third-order valence-corrected chi connectivity index (χ3v) is 4.03. The molecule has 0 bridgehead atoms. The van der Waals surface area contributed by atoms with Crippen LogP contribution in [0, 0.1) is 0 Å². The second-order valence-corrected chi connectivity index (χ2v) is 5.74. The molecule has 1 aliphatic heterocycles. The molecule has 0 radical (unpaired) electrons. The average Bonchev–Trinajstić information content (AvgIpc) is 2.97. The molecule has 0 amide bonds. The highest BCUT2D eigenvalue weighted by Crippen LogP contribution is 2.23. The highest BCUT2D eigenvalue weighted by Gasteiger charge is 2.45. The van der Waals surface area contributed by atoms with Crippen molar-refractivity contribution in [2.24, 2.45) is 0 Å². The number of fused-ring (bicyclic) bond motifs is 1. The van der Waals surface area contributed by atoms with E-state index >= 15 is 0 Å². The zero-order valence-electron chi connectivity index (χ0n) is 12.7. The topological polar surface area (TPSA) is 132 Å². The first-order chi connectivity index (χ1) is 11.5. The Kier molecular flexibility index (Phi) is 4.83. The normalized spacial score (nSPS) is 30.4. The largest absolute Gasteiger partial charge is 0.454 e. The summed E-state index contributed by atoms with van der Waals surface area (Å²) in [6.45, 7) is -0.578. The number of hydrogen-bond acceptors (Lipinski definition) is 7. The van der Waals surface area contributed by atoms with Gasteiger partial charge < -0.3 is 34.9 Å². The number of nitrogens with one attached hydrogen (secondary N) is 1. The first kappa shape index (κ1) is 16.9. The fraction of sp³-hybridized carbons (Fsp3) is 0.438. The standard InChI is InChI=1S/C16H19NO7/c18-7-11-13(20)14(21)15(16(22)23-11)24-12(19)6-9-5-8-3-1-2-4-10(8)17-9/h1-5,11,13-18,20-22H,6-7H2/t11-,13-,14+,15+,16?/m1/s1. The van der Waals surface area contributed by atoms with Gasteiger partial charge >= 0.3 is 5.97 Å². The molecule has 1 fully saturated rings. The molecule has 1 unspecified atom stereocenters. The zero-order valence-corrected chi connectivity index (χ0v) is 12.7. The van der Waals surface area contributed by atoms with Crippen molar-refractivity contribution in [2.75, 3.05) is 6.61 Å². The quantitative estimate of drug-likeness (QED) is 0.455. The Morgan fingerprint density at radius 3 is 2.67 bits per heavy atom. The molecule has 0 spiro atoms. The molecule has 5 N–H and O–H groups in total. The number of aromatic amines is 1. The Morgan fingerprint density at radius 2 is 1.96 bits per heavy atom. The zero-order chi connectivity index (χ0) is 17.3. The summed E-state index contributed by atoms with van der Waals surface area (Å²) in [5, 5.41) is 39.5. The summed E-state index contributed by atoms with van der Waals surface area (Å²) in [4.78, 5) is 15.1. The summed E-state index contributed by atoms with van der Waals surface area (Å²) in [6.07, 6.45) is -7.32. The first-order valence-electron chi connectivity index (χ1n) is 7.56. The molecule has 1 aliphatic rings. The predicted octanol–water partition coefficient (Wildman–Crippen LogP) is -0.947. The molecule has 5 atom stereocenters. The molecule has 8 heteroatoms. The number of carbonyl (C=O) groups excluding carboxylic acids is 1. The van der Waals surface area contributed by atoms with Crippen molar-refractivity contribution in [3.63, 3.8) is 0 Å². The number of aromatic nitrogens is 1. The van der Waals surface area contributed by atoms with Crippen LogP contribution >= 0.6 is 0 Å². The van der Waals surface area contributed by atoms with Gasteiger partial charge in [-0.2, -0.15) is 0 Å². The van der Waals surface area contributed by atoms with Crippen LogP contribution in [0.2, 0.25) is 0 Å². The van der Waals surface area contributed by atoms with Gasteiger partial charge in [0, 0.05) is 11.2 Å². The lowest BCUT2D eigenvalue weighted by Crippen LogP contribution is -2.59. The second kappa shape index (κ2) is 6.88. The summed E-state index contributed by atoms with van der Waals surface area (Å²) in [5.74, 6) is -0.692. The van der Waals surface area contributed by atoms with E-state index in [-0.39, 0.29) is 6.42 Å². The number of aliphatic hydroxyl groups is 4. The van der Waals surface area contributed by atoms with E-state index in [9.17, 15) is 20.1 Å². The molecule has 1 aromatic carbocycles. The Morgan fingerprint density at radius 1 is 1.21 bits per heavy atom. The number of rotatable bonds is 4. The molecule has 1 saturated heterocycles. The van der Waals surface area contributed by atoms with Crippen LogP contribution in [-0.2, 0) is 20.7 Å². The molecule has 2 heterocycles. The van der Waals surface area contributed by atoms with Crippen molar-refractivity contribution in [1.82, 2.24) is 4.98 Å². The molecule has 3 rings (SSSR count). The molecule has 1 aromatic heterocycles. The molecule has 2 aromatic rings. The lowest BCUT2D eigenvalue weighted by Gasteiger charge is -2.39. The molecular formula is C16H19NO7. The fourth-order valence-corrected chi connectivity index (χ4v) is 2.78. The minimum atomic E-state index is -1.63. The smallest absolute Gasteiger partial charge is 0.312 e. The summed E-state index contributed by atoms with van der Waals surface area (Å²) in [6, 6.07) is 9.32. The lowest BCUT2D eigenvalue weighted by atomic mass is 9.99. The molecular weight excluding hydrogens is 318 g/mol. The van der Waals surface area contributed by atoms with Gasteiger partial charge in [-0.15, -0.1) is 0 Å². The SMILES string of the molecule is O=C(Cc1cc2ccccc2[nH]1)O[C@@H]1C(O)O[C@H](CO)[C@@H](O)[C@@H]1O. The van der Waals surface area contributed by atoms with E-state index in [4.69, 9.17) is 14.6 Å². The maximum absolute atomic E-state index is 12.1. The van der Waals surface area contributed by atoms with Crippen LogP contribution in [0.3, 0.4) is 0 Å². The predicted molar refractivity (Wildman–Crippen MR) is 81.9 cm³/mol. The molecule has 0 aliphatic carbocycles. The summed E-state index contributed by atoms with van der Waals surface area (Å²) < 4.78 is 9.99. The maximum atomic E-state index is 12.1. The van der Waals surface area contributed by atoms with Gasteiger partial charge in [-0.05, 0) is 17.5 Å². The summed E-state index contributed by atoms with van der Waals surface area (Å²) >= 11 is 0. The van der Waals surface area contributed by atoms with Crippen LogP contribution in [0.4, 0.5) is 0 Å². The maximum Gasteiger partial charge on any atom is 0.312 e. The average molecular weight is 337 g/mol. The van der Waals surface area contributed by atoms with Crippen LogP contribution in [0.1, 0.15) is 5.69 Å². The number of carbonyl (C=O) groups is 1. The van der Waals surface area contributed by atoms with E-state index in [0.29, 0.717) is 5.69 Å². The van der Waals surface area contributed by atoms with Crippen molar-refractivity contribution in [1.29, 1.82) is 0 Å². The van der Waals surface area contributed by atoms with Crippen molar-refractivity contribution in [3.8, 4) is 0 Å². The monoisotopic (exact) mass is 337 g/mol. The van der Waals surface area contributed by atoms with Crippen LogP contribution in [0.25, 0.3) is 10.9 Å². The Bertz CT molecular complexity index is 682. The Labute approximate surface area is 137 Å². The highest BCUT2D eigenvalue weighted by atomic mass is 16.7. The minimum Gasteiger partial charge on any atom is -0.454 e. The number of ether oxygens (including phenoxy) is 2. The van der Waals surface area contributed by atoms with E-state index in [1.54, 1.807) is 6.07 Å². The molecule has 0 saturated carbocycles. The van der Waals surface area contributed by atoms with Gasteiger partial charge in [0.05, 0.1) is 13.0 Å². The van der Waals surface area contributed by atoms with Gasteiger partial charge in [-0.3, -0.25) is 4.79 Å². The van der Waals surface area contributed by atoms with E-state index in [2.05, 4.69) is 4.98 Å². The lowest BCUT2D eigenvalue weighted by molar-refractivity contribution is -0.290. The second-order valence-electron chi connectivity index (χ2n) is 5.74. The van der Waals surface area contributed by atoms with Crippen molar-refractivity contribution in [2.45, 2.75) is 37.1 Å². The number of H-pyrrole nitrogens is 1. The molecule has 8 nitrogen and oxygen atoms in total. The van der Waals surface area contributed by atoms with E-state index in [0.717, 1.165) is 10.9 Å². The summed E-state index contributed by atoms with van der Waals surface area (Å²) in [5.41, 5.74) is 1.50. The third kappa shape index (κ3) is 3.28. The van der Waals surface area contributed by atoms with Crippen LogP contribution in [-0.4, -0.2) is 68.7 Å². The fourth-order valence-electron chi connectivity index (χ4n) is 2.78. The van der Waals surface area contributed by atoms with Crippen LogP contribution in [0.5, 0.6) is 0 Å². The van der Waals surface area contributed by atoms with Gasteiger partial charge in [0.25, 0.3) is 0 Å². The number of benzene rings is 1. The van der Waals surface area contributed by atoms with Gasteiger partial charge in [0.15, 0.2) is 12.4 Å². The number of para-hydroxylation sites is 1. The van der Waals surface area contributed by atoms with Gasteiger partial charge in [0.2, 0.25) is 0 Å². The van der Waals surface area contributed by atoms with Crippen molar-refractivity contribution < 1.29 is 34.7 Å². The Balaban J connectivity index is 1.65. The van der Waals surface area contributed by atoms with Gasteiger partial charge in [0.1, 0.15) is 18.3 Å². The first-order valence-corrected chi connectivity index (χ1v) is 7.56. The summed E-state index contributed by atoms with van der Waals surface area (Å²) in [7, 11) is 0. The van der Waals surface area contributed by atoms with Gasteiger partial charge in [-0.25, -0.2) is 0 Å². The molecule has 24 heavy (non-hydrogen) atoms. The van der Waals surface area contributed by atoms with E-state index in [1.165, 1.54) is 0 Å². The van der Waals surface area contributed by atoms with Crippen LogP contribution < -0.4 is 0 Å². The Hall–Kier alpha value is -1.97. The number of aliphatic hydroxyl groups excluding tert-OH is 4.